The Morgan fingerprint density at radius 2 is 1.41 bits per heavy atom. The third-order valence-corrected chi connectivity index (χ3v) is 20.2. The van der Waals surface area contributed by atoms with Gasteiger partial charge in [0.15, 0.2) is 0 Å². The summed E-state index contributed by atoms with van der Waals surface area (Å²) >= 11 is 0. The van der Waals surface area contributed by atoms with Crippen LogP contribution in [-0.4, -0.2) is 16.1 Å². The van der Waals surface area contributed by atoms with Crippen molar-refractivity contribution in [3.05, 3.63) is 22.8 Å². The van der Waals surface area contributed by atoms with Gasteiger partial charge in [-0.3, -0.25) is 0 Å². The van der Waals surface area contributed by atoms with E-state index in [1.165, 1.54) is 12.8 Å². The molecule has 0 nitrogen and oxygen atoms in total. The first-order valence-electron chi connectivity index (χ1n) is 9.20. The fraction of sp³-hybridized carbons (Fsp3) is 0.700. The molecule has 0 saturated carbocycles. The minimum atomic E-state index is -1.21. The second kappa shape index (κ2) is 4.00. The molecule has 2 heteroatoms. The third kappa shape index (κ3) is 1.69. The molecule has 2 unspecified atom stereocenters. The molecule has 0 spiro atoms. The molecule has 0 amide bonds. The van der Waals surface area contributed by atoms with Crippen LogP contribution in [0.2, 0.25) is 30.8 Å². The van der Waals surface area contributed by atoms with E-state index in [2.05, 4.69) is 53.8 Å². The SMILES string of the molecule is Cc1cc2c3c4c1C(C)(C)CC[Si]4(C)C[Si]3(C)CCC2(C)C. The lowest BCUT2D eigenvalue weighted by molar-refractivity contribution is 0.488. The number of aryl methyl sites for hydroxylation is 1. The van der Waals surface area contributed by atoms with Crippen molar-refractivity contribution in [1.29, 1.82) is 0 Å². The Labute approximate surface area is 138 Å². The molecule has 22 heavy (non-hydrogen) atoms. The molecule has 0 bridgehead atoms. The van der Waals surface area contributed by atoms with Crippen molar-refractivity contribution in [3.63, 3.8) is 0 Å². The molecule has 0 aromatic heterocycles. The maximum Gasteiger partial charge on any atom is 0.0817 e. The van der Waals surface area contributed by atoms with Gasteiger partial charge >= 0.3 is 0 Å². The number of hydrogen-bond donors (Lipinski definition) is 0. The van der Waals surface area contributed by atoms with Crippen LogP contribution in [0.1, 0.15) is 57.2 Å². The number of rotatable bonds is 0. The van der Waals surface area contributed by atoms with Crippen LogP contribution < -0.4 is 10.4 Å². The molecule has 1 aromatic rings. The van der Waals surface area contributed by atoms with Gasteiger partial charge in [-0.2, -0.15) is 0 Å². The first-order chi connectivity index (χ1) is 10.0. The van der Waals surface area contributed by atoms with E-state index in [1.54, 1.807) is 34.4 Å². The van der Waals surface area contributed by atoms with Crippen molar-refractivity contribution in [3.8, 4) is 0 Å². The molecule has 0 N–H and O–H groups in total. The van der Waals surface area contributed by atoms with E-state index in [0.717, 1.165) is 0 Å². The lowest BCUT2D eigenvalue weighted by Gasteiger charge is -2.44. The summed E-state index contributed by atoms with van der Waals surface area (Å²) in [5.41, 5.74) is 7.67. The molecule has 0 fully saturated rings. The largest absolute Gasteiger partial charge is 0.0817 e. The van der Waals surface area contributed by atoms with Crippen LogP contribution in [0, 0.1) is 6.92 Å². The van der Waals surface area contributed by atoms with Gasteiger partial charge in [0.2, 0.25) is 0 Å². The maximum atomic E-state index is 2.74. The summed E-state index contributed by atoms with van der Waals surface area (Å²) in [4.78, 5) is 0. The van der Waals surface area contributed by atoms with Crippen LogP contribution >= 0.6 is 0 Å². The van der Waals surface area contributed by atoms with E-state index in [-0.39, 0.29) is 0 Å². The minimum Gasteiger partial charge on any atom is -0.0654 e. The Morgan fingerprint density at radius 3 is 2.05 bits per heavy atom. The summed E-state index contributed by atoms with van der Waals surface area (Å²) < 4.78 is 0. The molecule has 120 valence electrons. The number of benzene rings is 1. The normalized spacial score (nSPS) is 37.0. The Balaban J connectivity index is 2.16. The zero-order valence-electron chi connectivity index (χ0n) is 15.6. The van der Waals surface area contributed by atoms with E-state index >= 15 is 0 Å². The zero-order valence-corrected chi connectivity index (χ0v) is 17.6. The van der Waals surface area contributed by atoms with E-state index in [0.29, 0.717) is 10.8 Å². The van der Waals surface area contributed by atoms with E-state index in [1.807, 2.05) is 10.4 Å². The monoisotopic (exact) mass is 328 g/mol. The fourth-order valence-corrected chi connectivity index (χ4v) is 24.4. The first-order valence-corrected chi connectivity index (χ1v) is 15.0. The van der Waals surface area contributed by atoms with E-state index in [9.17, 15) is 0 Å². The van der Waals surface area contributed by atoms with Crippen molar-refractivity contribution >= 4 is 26.5 Å². The van der Waals surface area contributed by atoms with Crippen LogP contribution in [0.5, 0.6) is 0 Å². The Hall–Kier alpha value is -0.346. The predicted molar refractivity (Wildman–Crippen MR) is 103 cm³/mol. The highest BCUT2D eigenvalue weighted by Crippen LogP contribution is 2.49. The lowest BCUT2D eigenvalue weighted by atomic mass is 9.75. The summed E-state index contributed by atoms with van der Waals surface area (Å²) in [6.45, 7) is 17.9. The molecular weight excluding hydrogens is 296 g/mol. The van der Waals surface area contributed by atoms with Gasteiger partial charge in [0.05, 0.1) is 16.1 Å². The van der Waals surface area contributed by atoms with Crippen molar-refractivity contribution in [1.82, 2.24) is 0 Å². The van der Waals surface area contributed by atoms with Gasteiger partial charge < -0.3 is 0 Å². The molecule has 3 heterocycles. The second-order valence-electron chi connectivity index (χ2n) is 10.4. The topological polar surface area (TPSA) is 0 Å². The Morgan fingerprint density at radius 1 is 0.864 bits per heavy atom. The van der Waals surface area contributed by atoms with Crippen LogP contribution in [0.15, 0.2) is 6.07 Å². The van der Waals surface area contributed by atoms with E-state index < -0.39 is 16.1 Å². The molecule has 0 radical (unpaired) electrons. The smallest absolute Gasteiger partial charge is 0.0654 e. The van der Waals surface area contributed by atoms with Crippen molar-refractivity contribution < 1.29 is 0 Å². The van der Waals surface area contributed by atoms with Crippen molar-refractivity contribution in [2.75, 3.05) is 0 Å². The zero-order chi connectivity index (χ0) is 16.1. The third-order valence-electron chi connectivity index (χ3n) is 7.52. The highest BCUT2D eigenvalue weighted by Gasteiger charge is 2.58. The minimum absolute atomic E-state index is 0.405. The quantitative estimate of drug-likeness (QED) is 0.616. The maximum absolute atomic E-state index is 2.74. The van der Waals surface area contributed by atoms with Gasteiger partial charge in [0.1, 0.15) is 0 Å². The molecular formula is C20H32Si2. The highest BCUT2D eigenvalue weighted by atomic mass is 28.4. The molecule has 1 aromatic carbocycles. The van der Waals surface area contributed by atoms with Gasteiger partial charge in [-0.25, -0.2) is 0 Å². The van der Waals surface area contributed by atoms with Gasteiger partial charge in [0.25, 0.3) is 0 Å². The first kappa shape index (κ1) is 15.2. The summed E-state index contributed by atoms with van der Waals surface area (Å²) in [5.74, 6) is 0. The molecule has 2 atom stereocenters. The predicted octanol–water partition coefficient (Wildman–Crippen LogP) is 4.48. The molecule has 4 rings (SSSR count). The van der Waals surface area contributed by atoms with Crippen molar-refractivity contribution in [2.24, 2.45) is 0 Å². The molecule has 3 aliphatic rings. The summed E-state index contributed by atoms with van der Waals surface area (Å²) in [7, 11) is -2.41. The Bertz CT molecular complexity index is 685. The number of hydrogen-bond acceptors (Lipinski definition) is 0. The highest BCUT2D eigenvalue weighted by molar-refractivity contribution is 7.15. The van der Waals surface area contributed by atoms with Crippen LogP contribution in [0.25, 0.3) is 0 Å². The average molecular weight is 329 g/mol. The standard InChI is InChI=1S/C20H32Si2/c1-14-12-15-17-18-16(14)20(4,5)9-11-22(18,7)13-21(17,6)10-8-19(15,2)3/h12H,8-11,13H2,1-7H3. The van der Waals surface area contributed by atoms with Crippen LogP contribution in [0.3, 0.4) is 0 Å². The fourth-order valence-electron chi connectivity index (χ4n) is 6.36. The molecule has 3 aliphatic heterocycles. The lowest BCUT2D eigenvalue weighted by Crippen LogP contribution is -2.58. The van der Waals surface area contributed by atoms with E-state index in [4.69, 9.17) is 0 Å². The molecule has 0 saturated heterocycles. The summed E-state index contributed by atoms with van der Waals surface area (Å²) in [5, 5.41) is 3.96. The Kier molecular flexibility index (Phi) is 2.76. The van der Waals surface area contributed by atoms with Gasteiger partial charge in [-0.1, -0.05) is 75.0 Å². The average Bonchev–Trinajstić information content (AvgIpc) is 2.63. The van der Waals surface area contributed by atoms with Gasteiger partial charge in [-0.05, 0) is 47.3 Å². The summed E-state index contributed by atoms with van der Waals surface area (Å²) in [6.07, 6.45) is 2.85. The van der Waals surface area contributed by atoms with Gasteiger partial charge in [0, 0.05) is 0 Å². The van der Waals surface area contributed by atoms with Crippen LogP contribution in [0.4, 0.5) is 0 Å². The van der Waals surface area contributed by atoms with Crippen molar-refractivity contribution in [2.45, 2.75) is 89.1 Å². The summed E-state index contributed by atoms with van der Waals surface area (Å²) in [6, 6.07) is 5.73. The molecule has 0 aliphatic carbocycles. The van der Waals surface area contributed by atoms with Gasteiger partial charge in [-0.15, -0.1) is 0 Å². The second-order valence-corrected chi connectivity index (χ2v) is 20.1. The van der Waals surface area contributed by atoms with Crippen LogP contribution in [-0.2, 0) is 10.8 Å².